The number of benzene rings is 1. The van der Waals surface area contributed by atoms with E-state index in [1.54, 1.807) is 0 Å². The Labute approximate surface area is 96.7 Å². The number of nitrogens with two attached hydrogens (primary N) is 1. The Bertz CT molecular complexity index is 359. The molecule has 1 saturated heterocycles. The van der Waals surface area contributed by atoms with Crippen LogP contribution < -0.4 is 11.1 Å². The molecule has 2 rings (SSSR count). The molecule has 0 bridgehead atoms. The molecule has 2 unspecified atom stereocenters. The molecule has 1 aromatic rings. The summed E-state index contributed by atoms with van der Waals surface area (Å²) in [5.41, 5.74) is 8.61. The van der Waals surface area contributed by atoms with Crippen molar-refractivity contribution in [1.82, 2.24) is 5.32 Å². The number of hydrogen-bond donors (Lipinski definition) is 3. The third-order valence-electron chi connectivity index (χ3n) is 3.32. The Morgan fingerprint density at radius 3 is 3.06 bits per heavy atom. The average molecular weight is 220 g/mol. The number of anilines is 1. The van der Waals surface area contributed by atoms with Crippen LogP contribution in [-0.4, -0.2) is 18.2 Å². The van der Waals surface area contributed by atoms with Gasteiger partial charge in [-0.2, -0.15) is 0 Å². The highest BCUT2D eigenvalue weighted by Crippen LogP contribution is 2.28. The molecule has 1 aliphatic heterocycles. The molecule has 1 heterocycles. The number of nitrogens with one attached hydrogen (secondary N) is 1. The van der Waals surface area contributed by atoms with Gasteiger partial charge in [0.15, 0.2) is 0 Å². The third kappa shape index (κ3) is 2.54. The number of aliphatic hydroxyl groups is 1. The molecular weight excluding hydrogens is 200 g/mol. The zero-order chi connectivity index (χ0) is 11.5. The van der Waals surface area contributed by atoms with Crippen LogP contribution in [0.3, 0.4) is 0 Å². The SMILES string of the molecule is Cc1ccc(N)c(C(O)CC2CCNC2)c1. The van der Waals surface area contributed by atoms with Gasteiger partial charge in [-0.3, -0.25) is 0 Å². The van der Waals surface area contributed by atoms with Crippen LogP contribution in [0.25, 0.3) is 0 Å². The first kappa shape index (κ1) is 11.4. The molecule has 0 radical (unpaired) electrons. The van der Waals surface area contributed by atoms with E-state index in [1.807, 2.05) is 25.1 Å². The van der Waals surface area contributed by atoms with Gasteiger partial charge in [0.05, 0.1) is 6.10 Å². The zero-order valence-electron chi connectivity index (χ0n) is 9.74. The van der Waals surface area contributed by atoms with Crippen LogP contribution in [-0.2, 0) is 0 Å². The lowest BCUT2D eigenvalue weighted by Crippen LogP contribution is -2.12. The standard InChI is InChI=1S/C13H20N2O/c1-9-2-3-12(14)11(6-9)13(16)7-10-4-5-15-8-10/h2-3,6,10,13,15-16H,4-5,7-8,14H2,1H3. The first-order valence-corrected chi connectivity index (χ1v) is 5.91. The van der Waals surface area contributed by atoms with Crippen molar-refractivity contribution in [3.63, 3.8) is 0 Å². The molecule has 1 aromatic carbocycles. The van der Waals surface area contributed by atoms with Gasteiger partial charge in [0.25, 0.3) is 0 Å². The molecule has 0 aliphatic carbocycles. The molecule has 1 aliphatic rings. The fraction of sp³-hybridized carbons (Fsp3) is 0.538. The Balaban J connectivity index is 2.07. The first-order valence-electron chi connectivity index (χ1n) is 5.91. The largest absolute Gasteiger partial charge is 0.398 e. The third-order valence-corrected chi connectivity index (χ3v) is 3.32. The van der Waals surface area contributed by atoms with Crippen molar-refractivity contribution >= 4 is 5.69 Å². The molecule has 0 amide bonds. The predicted molar refractivity (Wildman–Crippen MR) is 66.1 cm³/mol. The van der Waals surface area contributed by atoms with Crippen molar-refractivity contribution in [2.24, 2.45) is 5.92 Å². The summed E-state index contributed by atoms with van der Waals surface area (Å²) in [4.78, 5) is 0. The van der Waals surface area contributed by atoms with E-state index in [2.05, 4.69) is 5.32 Å². The van der Waals surface area contributed by atoms with Crippen LogP contribution in [0.5, 0.6) is 0 Å². The second-order valence-corrected chi connectivity index (χ2v) is 4.74. The van der Waals surface area contributed by atoms with Gasteiger partial charge in [0.2, 0.25) is 0 Å². The van der Waals surface area contributed by atoms with E-state index in [-0.39, 0.29) is 0 Å². The average Bonchev–Trinajstić information content (AvgIpc) is 2.74. The lowest BCUT2D eigenvalue weighted by molar-refractivity contribution is 0.148. The first-order chi connectivity index (χ1) is 7.66. The molecule has 0 saturated carbocycles. The topological polar surface area (TPSA) is 58.3 Å². The van der Waals surface area contributed by atoms with Crippen LogP contribution in [0.15, 0.2) is 18.2 Å². The van der Waals surface area contributed by atoms with E-state index in [0.29, 0.717) is 11.6 Å². The van der Waals surface area contributed by atoms with Crippen molar-refractivity contribution in [2.45, 2.75) is 25.9 Å². The normalized spacial score (nSPS) is 22.2. The second-order valence-electron chi connectivity index (χ2n) is 4.74. The molecule has 4 N–H and O–H groups in total. The number of hydrogen-bond acceptors (Lipinski definition) is 3. The van der Waals surface area contributed by atoms with Gasteiger partial charge in [0, 0.05) is 11.3 Å². The van der Waals surface area contributed by atoms with Crippen molar-refractivity contribution in [2.75, 3.05) is 18.8 Å². The maximum atomic E-state index is 10.2. The van der Waals surface area contributed by atoms with Crippen molar-refractivity contribution < 1.29 is 5.11 Å². The van der Waals surface area contributed by atoms with E-state index >= 15 is 0 Å². The van der Waals surface area contributed by atoms with Gasteiger partial charge < -0.3 is 16.2 Å². The number of aliphatic hydroxyl groups excluding tert-OH is 1. The molecular formula is C13H20N2O. The van der Waals surface area contributed by atoms with E-state index < -0.39 is 6.10 Å². The molecule has 3 heteroatoms. The van der Waals surface area contributed by atoms with E-state index in [0.717, 1.165) is 37.1 Å². The minimum atomic E-state index is -0.426. The summed E-state index contributed by atoms with van der Waals surface area (Å²) in [6.07, 6.45) is 1.54. The van der Waals surface area contributed by atoms with Crippen LogP contribution >= 0.6 is 0 Å². The summed E-state index contributed by atoms with van der Waals surface area (Å²) in [5, 5.41) is 13.5. The molecule has 3 nitrogen and oxygen atoms in total. The Hall–Kier alpha value is -1.06. The van der Waals surface area contributed by atoms with Crippen LogP contribution in [0.1, 0.15) is 30.1 Å². The Morgan fingerprint density at radius 1 is 1.56 bits per heavy atom. The summed E-state index contributed by atoms with van der Waals surface area (Å²) < 4.78 is 0. The summed E-state index contributed by atoms with van der Waals surface area (Å²) in [6.45, 7) is 4.11. The molecule has 2 atom stereocenters. The number of rotatable bonds is 3. The highest BCUT2D eigenvalue weighted by Gasteiger charge is 2.20. The zero-order valence-corrected chi connectivity index (χ0v) is 9.74. The maximum Gasteiger partial charge on any atom is 0.0813 e. The predicted octanol–water partition coefficient (Wildman–Crippen LogP) is 1.61. The smallest absolute Gasteiger partial charge is 0.0813 e. The van der Waals surface area contributed by atoms with Crippen molar-refractivity contribution in [3.05, 3.63) is 29.3 Å². The lowest BCUT2D eigenvalue weighted by atomic mass is 9.94. The van der Waals surface area contributed by atoms with E-state index in [9.17, 15) is 5.11 Å². The lowest BCUT2D eigenvalue weighted by Gasteiger charge is -2.17. The summed E-state index contributed by atoms with van der Waals surface area (Å²) >= 11 is 0. The highest BCUT2D eigenvalue weighted by molar-refractivity contribution is 5.49. The van der Waals surface area contributed by atoms with Crippen LogP contribution in [0.4, 0.5) is 5.69 Å². The van der Waals surface area contributed by atoms with Gasteiger partial charge in [-0.1, -0.05) is 17.7 Å². The maximum absolute atomic E-state index is 10.2. The fourth-order valence-corrected chi connectivity index (χ4v) is 2.34. The summed E-state index contributed by atoms with van der Waals surface area (Å²) in [6, 6.07) is 5.84. The van der Waals surface area contributed by atoms with Gasteiger partial charge in [-0.15, -0.1) is 0 Å². The fourth-order valence-electron chi connectivity index (χ4n) is 2.34. The number of nitrogen functional groups attached to an aromatic ring is 1. The van der Waals surface area contributed by atoms with Crippen molar-refractivity contribution in [1.29, 1.82) is 0 Å². The minimum Gasteiger partial charge on any atom is -0.398 e. The van der Waals surface area contributed by atoms with Gasteiger partial charge >= 0.3 is 0 Å². The van der Waals surface area contributed by atoms with Gasteiger partial charge in [-0.05, 0) is 44.8 Å². The quantitative estimate of drug-likeness (QED) is 0.678. The molecule has 0 aromatic heterocycles. The monoisotopic (exact) mass is 220 g/mol. The molecule has 0 spiro atoms. The van der Waals surface area contributed by atoms with Gasteiger partial charge in [-0.25, -0.2) is 0 Å². The van der Waals surface area contributed by atoms with Gasteiger partial charge in [0.1, 0.15) is 0 Å². The molecule has 1 fully saturated rings. The molecule has 88 valence electrons. The van der Waals surface area contributed by atoms with Crippen molar-refractivity contribution in [3.8, 4) is 0 Å². The van der Waals surface area contributed by atoms with Crippen LogP contribution in [0.2, 0.25) is 0 Å². The van der Waals surface area contributed by atoms with E-state index in [1.165, 1.54) is 0 Å². The Kier molecular flexibility index (Phi) is 3.46. The summed E-state index contributed by atoms with van der Waals surface area (Å²) in [5.74, 6) is 0.579. The second kappa shape index (κ2) is 4.85. The van der Waals surface area contributed by atoms with E-state index in [4.69, 9.17) is 5.73 Å². The van der Waals surface area contributed by atoms with Crippen LogP contribution in [0, 0.1) is 12.8 Å². The minimum absolute atomic E-state index is 0.426. The Morgan fingerprint density at radius 2 is 2.38 bits per heavy atom. The summed E-state index contributed by atoms with van der Waals surface area (Å²) in [7, 11) is 0. The highest BCUT2D eigenvalue weighted by atomic mass is 16.3. The number of aryl methyl sites for hydroxylation is 1. The molecule has 16 heavy (non-hydrogen) atoms.